The fraction of sp³-hybridized carbons (Fsp3) is 0.385. The Morgan fingerprint density at radius 1 is 1.50 bits per heavy atom. The minimum atomic E-state index is -0.0568. The topological polar surface area (TPSA) is 90.1 Å². The summed E-state index contributed by atoms with van der Waals surface area (Å²) in [5.41, 5.74) is 0.881. The monoisotopic (exact) mass is 276 g/mol. The van der Waals surface area contributed by atoms with Crippen molar-refractivity contribution in [3.05, 3.63) is 41.8 Å². The summed E-state index contributed by atoms with van der Waals surface area (Å²) in [5.74, 6) is 0.932. The van der Waals surface area contributed by atoms with Gasteiger partial charge in [0.05, 0.1) is 6.42 Å². The number of hydrogen-bond donors (Lipinski definition) is 1. The maximum atomic E-state index is 11.7. The average molecular weight is 276 g/mol. The van der Waals surface area contributed by atoms with E-state index >= 15 is 0 Å². The summed E-state index contributed by atoms with van der Waals surface area (Å²) in [6.45, 7) is 0.755. The molecule has 0 atom stereocenters. The smallest absolute Gasteiger partial charge is 0.252 e. The van der Waals surface area contributed by atoms with E-state index in [1.807, 2.05) is 6.07 Å². The van der Waals surface area contributed by atoms with Gasteiger partial charge in [-0.1, -0.05) is 11.2 Å². The van der Waals surface area contributed by atoms with Crippen LogP contribution in [-0.2, 0) is 29.0 Å². The number of methoxy groups -OCH3 is 1. The molecular weight excluding hydrogens is 260 g/mol. The maximum Gasteiger partial charge on any atom is 0.252 e. The molecule has 1 N–H and O–H groups in total. The molecular formula is C13H16N4O3. The van der Waals surface area contributed by atoms with Crippen molar-refractivity contribution in [3.8, 4) is 0 Å². The first-order chi connectivity index (χ1) is 9.78. The number of nitrogens with zero attached hydrogens (tertiary/aromatic N) is 3. The Hall–Kier alpha value is -2.28. The van der Waals surface area contributed by atoms with Gasteiger partial charge in [-0.2, -0.15) is 4.98 Å². The normalized spacial score (nSPS) is 10.4. The van der Waals surface area contributed by atoms with Crippen molar-refractivity contribution in [1.82, 2.24) is 20.4 Å². The molecule has 7 nitrogen and oxygen atoms in total. The molecule has 0 saturated heterocycles. The Kier molecular flexibility index (Phi) is 5.19. The van der Waals surface area contributed by atoms with Gasteiger partial charge in [-0.05, 0) is 11.6 Å². The van der Waals surface area contributed by atoms with Crippen molar-refractivity contribution in [2.75, 3.05) is 13.7 Å². The van der Waals surface area contributed by atoms with Gasteiger partial charge < -0.3 is 14.6 Å². The van der Waals surface area contributed by atoms with Crippen molar-refractivity contribution in [2.24, 2.45) is 0 Å². The molecule has 106 valence electrons. The second-order valence-corrected chi connectivity index (χ2v) is 4.18. The third-order valence-corrected chi connectivity index (χ3v) is 2.54. The number of aromatic nitrogens is 3. The summed E-state index contributed by atoms with van der Waals surface area (Å²) in [5, 5.41) is 6.59. The van der Waals surface area contributed by atoms with Crippen molar-refractivity contribution >= 4 is 5.91 Å². The lowest BCUT2D eigenvalue weighted by Gasteiger charge is -2.03. The minimum Gasteiger partial charge on any atom is -0.375 e. The van der Waals surface area contributed by atoms with Gasteiger partial charge in [-0.15, -0.1) is 0 Å². The number of pyridine rings is 1. The van der Waals surface area contributed by atoms with Crippen LogP contribution in [0.1, 0.15) is 17.3 Å². The van der Waals surface area contributed by atoms with E-state index in [2.05, 4.69) is 20.4 Å². The van der Waals surface area contributed by atoms with Crippen molar-refractivity contribution in [3.63, 3.8) is 0 Å². The molecule has 0 bridgehead atoms. The Bertz CT molecular complexity index is 542. The zero-order valence-corrected chi connectivity index (χ0v) is 11.2. The van der Waals surface area contributed by atoms with Crippen LogP contribution in [-0.4, -0.2) is 34.7 Å². The summed E-state index contributed by atoms with van der Waals surface area (Å²) < 4.78 is 9.83. The van der Waals surface area contributed by atoms with Gasteiger partial charge in [-0.25, -0.2) is 0 Å². The SMILES string of the molecule is COCc1nc(CCNC(=O)Cc2cccnc2)no1. The lowest BCUT2D eigenvalue weighted by molar-refractivity contribution is -0.120. The van der Waals surface area contributed by atoms with Crippen LogP contribution in [0.15, 0.2) is 29.0 Å². The van der Waals surface area contributed by atoms with Crippen LogP contribution in [0.3, 0.4) is 0 Å². The molecule has 2 heterocycles. The van der Waals surface area contributed by atoms with Crippen LogP contribution in [0.5, 0.6) is 0 Å². The van der Waals surface area contributed by atoms with Crippen LogP contribution < -0.4 is 5.32 Å². The highest BCUT2D eigenvalue weighted by Gasteiger charge is 2.07. The summed E-state index contributed by atoms with van der Waals surface area (Å²) in [6.07, 6.45) is 4.19. The van der Waals surface area contributed by atoms with Gasteiger partial charge in [0.25, 0.3) is 5.89 Å². The van der Waals surface area contributed by atoms with E-state index in [-0.39, 0.29) is 5.91 Å². The van der Waals surface area contributed by atoms with E-state index in [9.17, 15) is 4.79 Å². The number of carbonyl (C=O) groups excluding carboxylic acids is 1. The summed E-state index contributed by atoms with van der Waals surface area (Å²) in [6, 6.07) is 3.67. The maximum absolute atomic E-state index is 11.7. The van der Waals surface area contributed by atoms with Gasteiger partial charge in [-0.3, -0.25) is 9.78 Å². The molecule has 2 aromatic rings. The number of hydrogen-bond acceptors (Lipinski definition) is 6. The zero-order valence-electron chi connectivity index (χ0n) is 11.2. The van der Waals surface area contributed by atoms with Crippen LogP contribution in [0.4, 0.5) is 0 Å². The van der Waals surface area contributed by atoms with Crippen LogP contribution >= 0.6 is 0 Å². The summed E-state index contributed by atoms with van der Waals surface area (Å²) in [7, 11) is 1.56. The second kappa shape index (κ2) is 7.34. The van der Waals surface area contributed by atoms with Gasteiger partial charge in [0.1, 0.15) is 6.61 Å². The molecule has 0 aliphatic carbocycles. The van der Waals surface area contributed by atoms with Crippen molar-refractivity contribution < 1.29 is 14.1 Å². The molecule has 0 aliphatic rings. The third-order valence-electron chi connectivity index (χ3n) is 2.54. The predicted molar refractivity (Wildman–Crippen MR) is 69.7 cm³/mol. The molecule has 0 saturated carbocycles. The number of nitrogens with one attached hydrogen (secondary N) is 1. The number of rotatable bonds is 7. The van der Waals surface area contributed by atoms with Gasteiger partial charge in [0.2, 0.25) is 5.91 Å². The first-order valence-corrected chi connectivity index (χ1v) is 6.24. The fourth-order valence-electron chi connectivity index (χ4n) is 1.64. The zero-order chi connectivity index (χ0) is 14.2. The second-order valence-electron chi connectivity index (χ2n) is 4.18. The molecule has 0 fully saturated rings. The molecule has 0 unspecified atom stereocenters. The van der Waals surface area contributed by atoms with Crippen LogP contribution in [0.2, 0.25) is 0 Å². The third kappa shape index (κ3) is 4.43. The first-order valence-electron chi connectivity index (χ1n) is 6.24. The van der Waals surface area contributed by atoms with Crippen molar-refractivity contribution in [1.29, 1.82) is 0 Å². The van der Waals surface area contributed by atoms with Crippen LogP contribution in [0.25, 0.3) is 0 Å². The van der Waals surface area contributed by atoms with Crippen molar-refractivity contribution in [2.45, 2.75) is 19.4 Å². The molecule has 7 heteroatoms. The standard InChI is InChI=1S/C13H16N4O3/c1-19-9-13-16-11(17-20-13)4-6-15-12(18)7-10-3-2-5-14-8-10/h2-3,5,8H,4,6-7,9H2,1H3,(H,15,18). The molecule has 1 amide bonds. The van der Waals surface area contributed by atoms with E-state index in [4.69, 9.17) is 9.26 Å². The Balaban J connectivity index is 1.71. The molecule has 0 spiro atoms. The Labute approximate surface area is 116 Å². The highest BCUT2D eigenvalue weighted by molar-refractivity contribution is 5.78. The van der Waals surface area contributed by atoms with E-state index in [1.54, 1.807) is 25.6 Å². The van der Waals surface area contributed by atoms with Crippen LogP contribution in [0, 0.1) is 0 Å². The molecule has 20 heavy (non-hydrogen) atoms. The average Bonchev–Trinajstić information content (AvgIpc) is 2.88. The molecule has 0 aromatic carbocycles. The molecule has 2 aromatic heterocycles. The number of ether oxygens (including phenoxy) is 1. The highest BCUT2D eigenvalue weighted by atomic mass is 16.5. The molecule has 0 radical (unpaired) electrons. The Morgan fingerprint density at radius 2 is 2.40 bits per heavy atom. The molecule has 0 aliphatic heterocycles. The first kappa shape index (κ1) is 14.1. The summed E-state index contributed by atoms with van der Waals surface area (Å²) >= 11 is 0. The Morgan fingerprint density at radius 3 is 3.15 bits per heavy atom. The fourth-order valence-corrected chi connectivity index (χ4v) is 1.64. The van der Waals surface area contributed by atoms with Gasteiger partial charge >= 0.3 is 0 Å². The summed E-state index contributed by atoms with van der Waals surface area (Å²) in [4.78, 5) is 19.8. The number of amides is 1. The number of carbonyl (C=O) groups is 1. The van der Waals surface area contributed by atoms with E-state index in [1.165, 1.54) is 0 Å². The van der Waals surface area contributed by atoms with Gasteiger partial charge in [0, 0.05) is 32.5 Å². The minimum absolute atomic E-state index is 0.0568. The predicted octanol–water partition coefficient (Wildman–Crippen LogP) is 0.512. The quantitative estimate of drug-likeness (QED) is 0.792. The lowest BCUT2D eigenvalue weighted by atomic mass is 10.2. The molecule has 2 rings (SSSR count). The largest absolute Gasteiger partial charge is 0.375 e. The van der Waals surface area contributed by atoms with E-state index in [0.29, 0.717) is 37.7 Å². The van der Waals surface area contributed by atoms with E-state index < -0.39 is 0 Å². The van der Waals surface area contributed by atoms with E-state index in [0.717, 1.165) is 5.56 Å². The van der Waals surface area contributed by atoms with Gasteiger partial charge in [0.15, 0.2) is 5.82 Å². The lowest BCUT2D eigenvalue weighted by Crippen LogP contribution is -2.27. The highest BCUT2D eigenvalue weighted by Crippen LogP contribution is 1.99.